The lowest BCUT2D eigenvalue weighted by Gasteiger charge is -2.05. The second-order valence-electron chi connectivity index (χ2n) is 3.56. The fourth-order valence-corrected chi connectivity index (χ4v) is 1.39. The van der Waals surface area contributed by atoms with Gasteiger partial charge in [0.2, 0.25) is 0 Å². The van der Waals surface area contributed by atoms with E-state index in [0.717, 1.165) is 18.2 Å². The third kappa shape index (κ3) is 2.66. The number of halogens is 1. The Hall–Kier alpha value is -3.10. The zero-order valence-electron chi connectivity index (χ0n) is 9.72. The van der Waals surface area contributed by atoms with Gasteiger partial charge in [-0.05, 0) is 12.1 Å². The van der Waals surface area contributed by atoms with Gasteiger partial charge >= 0.3 is 5.69 Å². The number of nitro benzene ring substituents is 1. The van der Waals surface area contributed by atoms with Gasteiger partial charge in [0.1, 0.15) is 0 Å². The standard InChI is InChI=1S/C11H6FN3O5/c12-8-6-7(14(16)17)3-4-10(8)20-11-9(15(18)19)2-1-5-13-11/h1-6H. The summed E-state index contributed by atoms with van der Waals surface area (Å²) in [6, 6.07) is 5.16. The maximum absolute atomic E-state index is 13.6. The number of nitrogens with zero attached hydrogens (tertiary/aromatic N) is 3. The molecule has 2 aromatic rings. The van der Waals surface area contributed by atoms with E-state index in [9.17, 15) is 24.6 Å². The van der Waals surface area contributed by atoms with Crippen LogP contribution in [-0.4, -0.2) is 14.8 Å². The van der Waals surface area contributed by atoms with Crippen LogP contribution in [0.1, 0.15) is 0 Å². The summed E-state index contributed by atoms with van der Waals surface area (Å²) in [6.45, 7) is 0. The van der Waals surface area contributed by atoms with Gasteiger partial charge in [0, 0.05) is 18.3 Å². The lowest BCUT2D eigenvalue weighted by atomic mass is 10.3. The Morgan fingerprint density at radius 2 is 1.90 bits per heavy atom. The molecule has 1 heterocycles. The first-order valence-electron chi connectivity index (χ1n) is 5.20. The highest BCUT2D eigenvalue weighted by atomic mass is 19.1. The molecule has 8 nitrogen and oxygen atoms in total. The Morgan fingerprint density at radius 1 is 1.15 bits per heavy atom. The molecule has 1 aromatic heterocycles. The van der Waals surface area contributed by atoms with E-state index in [0.29, 0.717) is 6.07 Å². The molecule has 1 aromatic carbocycles. The SMILES string of the molecule is O=[N+]([O-])c1ccc(Oc2ncccc2[N+](=O)[O-])c(F)c1. The highest BCUT2D eigenvalue weighted by Crippen LogP contribution is 2.31. The van der Waals surface area contributed by atoms with Gasteiger partial charge in [-0.15, -0.1) is 0 Å². The third-order valence-electron chi connectivity index (χ3n) is 2.28. The van der Waals surface area contributed by atoms with E-state index in [2.05, 4.69) is 4.98 Å². The molecule has 9 heteroatoms. The lowest BCUT2D eigenvalue weighted by Crippen LogP contribution is -1.97. The average Bonchev–Trinajstić information content (AvgIpc) is 2.41. The fourth-order valence-electron chi connectivity index (χ4n) is 1.39. The van der Waals surface area contributed by atoms with Crippen molar-refractivity contribution < 1.29 is 19.0 Å². The zero-order chi connectivity index (χ0) is 14.7. The lowest BCUT2D eigenvalue weighted by molar-refractivity contribution is -0.386. The molecule has 0 spiro atoms. The molecule has 0 saturated carbocycles. The minimum absolute atomic E-state index is 0.391. The van der Waals surface area contributed by atoms with E-state index in [1.54, 1.807) is 0 Å². The van der Waals surface area contributed by atoms with E-state index in [-0.39, 0.29) is 0 Å². The Morgan fingerprint density at radius 3 is 2.50 bits per heavy atom. The normalized spacial score (nSPS) is 10.1. The quantitative estimate of drug-likeness (QED) is 0.628. The molecule has 0 N–H and O–H groups in total. The van der Waals surface area contributed by atoms with Crippen molar-refractivity contribution in [2.45, 2.75) is 0 Å². The average molecular weight is 279 g/mol. The van der Waals surface area contributed by atoms with E-state index >= 15 is 0 Å². The summed E-state index contributed by atoms with van der Waals surface area (Å²) < 4.78 is 18.6. The van der Waals surface area contributed by atoms with Gasteiger partial charge in [-0.3, -0.25) is 20.2 Å². The smallest absolute Gasteiger partial charge is 0.331 e. The van der Waals surface area contributed by atoms with Crippen molar-refractivity contribution >= 4 is 11.4 Å². The minimum Gasteiger partial charge on any atom is -0.431 e. The first-order valence-corrected chi connectivity index (χ1v) is 5.20. The molecule has 0 bridgehead atoms. The zero-order valence-corrected chi connectivity index (χ0v) is 9.72. The number of hydrogen-bond donors (Lipinski definition) is 0. The van der Waals surface area contributed by atoms with Crippen LogP contribution in [0, 0.1) is 26.0 Å². The summed E-state index contributed by atoms with van der Waals surface area (Å²) >= 11 is 0. The van der Waals surface area contributed by atoms with Crippen LogP contribution in [-0.2, 0) is 0 Å². The molecule has 0 atom stereocenters. The van der Waals surface area contributed by atoms with Crippen LogP contribution in [0.4, 0.5) is 15.8 Å². The predicted octanol–water partition coefficient (Wildman–Crippen LogP) is 2.83. The van der Waals surface area contributed by atoms with Crippen molar-refractivity contribution in [3.05, 3.63) is 62.6 Å². The molecule has 102 valence electrons. The van der Waals surface area contributed by atoms with Crippen molar-refractivity contribution in [2.24, 2.45) is 0 Å². The maximum Gasteiger partial charge on any atom is 0.331 e. The molecular formula is C11H6FN3O5. The molecule has 0 fully saturated rings. The van der Waals surface area contributed by atoms with Crippen LogP contribution in [0.25, 0.3) is 0 Å². The molecule has 0 aliphatic rings. The van der Waals surface area contributed by atoms with Gasteiger partial charge in [0.15, 0.2) is 11.6 Å². The highest BCUT2D eigenvalue weighted by Gasteiger charge is 2.19. The van der Waals surface area contributed by atoms with Crippen LogP contribution in [0.3, 0.4) is 0 Å². The number of rotatable bonds is 4. The molecule has 0 unspecified atom stereocenters. The number of ether oxygens (including phenoxy) is 1. The summed E-state index contributed by atoms with van der Waals surface area (Å²) in [6.07, 6.45) is 1.24. The summed E-state index contributed by atoms with van der Waals surface area (Å²) in [4.78, 5) is 23.3. The highest BCUT2D eigenvalue weighted by molar-refractivity contribution is 5.44. The maximum atomic E-state index is 13.6. The number of hydrogen-bond acceptors (Lipinski definition) is 6. The van der Waals surface area contributed by atoms with Crippen molar-refractivity contribution in [2.75, 3.05) is 0 Å². The monoisotopic (exact) mass is 279 g/mol. The first kappa shape index (κ1) is 13.3. The van der Waals surface area contributed by atoms with Gasteiger partial charge in [-0.25, -0.2) is 9.37 Å². The molecule has 0 aliphatic heterocycles. The van der Waals surface area contributed by atoms with Gasteiger partial charge in [-0.1, -0.05) is 0 Å². The van der Waals surface area contributed by atoms with Crippen LogP contribution in [0.2, 0.25) is 0 Å². The minimum atomic E-state index is -1.01. The summed E-state index contributed by atoms with van der Waals surface area (Å²) in [7, 11) is 0. The molecule has 20 heavy (non-hydrogen) atoms. The van der Waals surface area contributed by atoms with Crippen molar-refractivity contribution in [3.63, 3.8) is 0 Å². The van der Waals surface area contributed by atoms with Gasteiger partial charge in [0.05, 0.1) is 15.9 Å². The molecular weight excluding hydrogens is 273 g/mol. The summed E-state index contributed by atoms with van der Waals surface area (Å²) in [5.74, 6) is -1.80. The Balaban J connectivity index is 2.36. The molecule has 0 amide bonds. The number of pyridine rings is 1. The second kappa shape index (κ2) is 5.26. The van der Waals surface area contributed by atoms with E-state index in [1.165, 1.54) is 12.3 Å². The van der Waals surface area contributed by atoms with E-state index in [4.69, 9.17) is 4.74 Å². The second-order valence-corrected chi connectivity index (χ2v) is 3.56. The van der Waals surface area contributed by atoms with Crippen LogP contribution < -0.4 is 4.74 Å². The fraction of sp³-hybridized carbons (Fsp3) is 0. The van der Waals surface area contributed by atoms with Crippen molar-refractivity contribution in [1.82, 2.24) is 4.98 Å². The molecule has 0 radical (unpaired) electrons. The van der Waals surface area contributed by atoms with Crippen molar-refractivity contribution in [3.8, 4) is 11.6 Å². The van der Waals surface area contributed by atoms with Gasteiger partial charge < -0.3 is 4.74 Å². The Kier molecular flexibility index (Phi) is 3.51. The molecule has 0 aliphatic carbocycles. The van der Waals surface area contributed by atoms with Crippen LogP contribution in [0.5, 0.6) is 11.6 Å². The van der Waals surface area contributed by atoms with Crippen LogP contribution >= 0.6 is 0 Å². The van der Waals surface area contributed by atoms with E-state index in [1.807, 2.05) is 0 Å². The Labute approximate surface area is 110 Å². The van der Waals surface area contributed by atoms with Gasteiger partial charge in [0.25, 0.3) is 11.6 Å². The van der Waals surface area contributed by atoms with Crippen LogP contribution in [0.15, 0.2) is 36.5 Å². The topological polar surface area (TPSA) is 108 Å². The first-order chi connectivity index (χ1) is 9.49. The number of nitro groups is 2. The molecule has 0 saturated heterocycles. The van der Waals surface area contributed by atoms with Crippen molar-refractivity contribution in [1.29, 1.82) is 0 Å². The molecule has 2 rings (SSSR count). The Bertz CT molecular complexity index is 692. The summed E-state index contributed by atoms with van der Waals surface area (Å²) in [5.41, 5.74) is -0.893. The van der Waals surface area contributed by atoms with Gasteiger partial charge in [-0.2, -0.15) is 0 Å². The number of non-ortho nitro benzene ring substituents is 1. The predicted molar refractivity (Wildman–Crippen MR) is 64.0 cm³/mol. The number of benzene rings is 1. The van der Waals surface area contributed by atoms with E-state index < -0.39 is 38.7 Å². The number of aromatic nitrogens is 1. The largest absolute Gasteiger partial charge is 0.431 e. The summed E-state index contributed by atoms with van der Waals surface area (Å²) in [5, 5.41) is 21.2. The third-order valence-corrected chi connectivity index (χ3v) is 2.28.